The Morgan fingerprint density at radius 3 is 2.43 bits per heavy atom. The highest BCUT2D eigenvalue weighted by Gasteiger charge is 2.62. The number of carbonyl (C=O) groups is 1. The van der Waals surface area contributed by atoms with Crippen LogP contribution >= 0.6 is 0 Å². The van der Waals surface area contributed by atoms with Crippen LogP contribution in [0, 0.1) is 42.2 Å². The van der Waals surface area contributed by atoms with Gasteiger partial charge in [0.2, 0.25) is 15.9 Å². The number of halogens is 6. The van der Waals surface area contributed by atoms with Crippen molar-refractivity contribution in [3.8, 4) is 23.1 Å². The zero-order chi connectivity index (χ0) is 40.9. The van der Waals surface area contributed by atoms with Crippen LogP contribution in [0.4, 0.5) is 32.2 Å². The molecule has 56 heavy (non-hydrogen) atoms. The quantitative estimate of drug-likeness (QED) is 0.122. The number of allylic oxidation sites excluding steroid dienone is 2. The van der Waals surface area contributed by atoms with Crippen LogP contribution in [0.5, 0.6) is 0 Å². The SMILES string of the molecule is Cc1nc(NS(C)(=O)=O)c2cccc(-c3ccc(C#CC(C)(C)O)nc3[C@H](Cc3cc(F)cc(F)c3)NC(=O)CN=C3C(=C(N)C(F)F)[C@H]4CC[C@H]4C3(F)F)n12. The van der Waals surface area contributed by atoms with Crippen LogP contribution in [0.15, 0.2) is 64.8 Å². The van der Waals surface area contributed by atoms with E-state index < -0.39 is 86.9 Å². The number of nitrogens with two attached hydrogens (primary N) is 1. The molecule has 5 N–H and O–H groups in total. The van der Waals surface area contributed by atoms with Gasteiger partial charge in [-0.3, -0.25) is 18.9 Å². The van der Waals surface area contributed by atoms with E-state index in [1.54, 1.807) is 35.6 Å². The predicted molar refractivity (Wildman–Crippen MR) is 196 cm³/mol. The maximum absolute atomic E-state index is 15.5. The number of aliphatic imine (C=N–C) groups is 1. The molecule has 1 aromatic carbocycles. The number of imidazole rings is 1. The number of nitrogens with one attached hydrogen (secondary N) is 2. The zero-order valence-electron chi connectivity index (χ0n) is 30.5. The lowest BCUT2D eigenvalue weighted by molar-refractivity contribution is -0.120. The molecule has 3 aromatic heterocycles. The number of rotatable bonds is 10. The minimum Gasteiger partial charge on any atom is -0.397 e. The maximum atomic E-state index is 15.5. The number of aryl methyl sites for hydroxylation is 1. The summed E-state index contributed by atoms with van der Waals surface area (Å²) in [7, 11) is -3.76. The second-order valence-electron chi connectivity index (χ2n) is 14.3. The first-order chi connectivity index (χ1) is 26.1. The fourth-order valence-corrected chi connectivity index (χ4v) is 7.56. The van der Waals surface area contributed by atoms with Gasteiger partial charge in [0.15, 0.2) is 5.82 Å². The van der Waals surface area contributed by atoms with E-state index in [4.69, 9.17) is 10.7 Å². The molecule has 0 saturated heterocycles. The molecule has 11 nitrogen and oxygen atoms in total. The molecule has 0 aliphatic heterocycles. The Labute approximate surface area is 318 Å². The Balaban J connectivity index is 1.49. The third-order valence-corrected chi connectivity index (χ3v) is 10.0. The average Bonchev–Trinajstić information content (AvgIpc) is 3.45. The van der Waals surface area contributed by atoms with E-state index in [0.29, 0.717) is 28.7 Å². The molecule has 3 atom stereocenters. The van der Waals surface area contributed by atoms with Crippen LogP contribution in [0.25, 0.3) is 16.8 Å². The summed E-state index contributed by atoms with van der Waals surface area (Å²) in [6, 6.07) is 9.40. The number of benzene rings is 1. The van der Waals surface area contributed by atoms with E-state index in [0.717, 1.165) is 18.4 Å². The molecule has 3 heterocycles. The van der Waals surface area contributed by atoms with E-state index in [2.05, 4.69) is 31.9 Å². The average molecular weight is 802 g/mol. The van der Waals surface area contributed by atoms with Gasteiger partial charge in [0.1, 0.15) is 41.0 Å². The third-order valence-electron chi connectivity index (χ3n) is 9.45. The number of hydrogen-bond donors (Lipinski definition) is 4. The number of sulfonamides is 1. The lowest BCUT2D eigenvalue weighted by Crippen LogP contribution is -2.37. The third kappa shape index (κ3) is 8.38. The Hall–Kier alpha value is -5.41. The highest BCUT2D eigenvalue weighted by atomic mass is 32.2. The summed E-state index contributed by atoms with van der Waals surface area (Å²) in [6.45, 7) is 3.54. The van der Waals surface area contributed by atoms with Gasteiger partial charge in [0.25, 0.3) is 12.3 Å². The van der Waals surface area contributed by atoms with Gasteiger partial charge in [0, 0.05) is 23.1 Å². The number of alkyl halides is 4. The van der Waals surface area contributed by atoms with Crippen molar-refractivity contribution < 1.29 is 44.7 Å². The van der Waals surface area contributed by atoms with E-state index >= 15 is 8.78 Å². The van der Waals surface area contributed by atoms with Crippen molar-refractivity contribution in [1.82, 2.24) is 19.7 Å². The molecule has 2 aliphatic rings. The minimum absolute atomic E-state index is 0.0197. The topological polar surface area (TPSA) is 164 Å². The summed E-state index contributed by atoms with van der Waals surface area (Å²) in [5.74, 6) is -2.89. The Morgan fingerprint density at radius 1 is 1.12 bits per heavy atom. The second kappa shape index (κ2) is 14.9. The zero-order valence-corrected chi connectivity index (χ0v) is 31.3. The van der Waals surface area contributed by atoms with E-state index in [1.807, 2.05) is 0 Å². The van der Waals surface area contributed by atoms with Gasteiger partial charge >= 0.3 is 0 Å². The number of carbonyl (C=O) groups excluding carboxylic acids is 1. The van der Waals surface area contributed by atoms with Crippen molar-refractivity contribution in [3.05, 3.63) is 94.2 Å². The molecule has 4 aromatic rings. The van der Waals surface area contributed by atoms with Crippen LogP contribution < -0.4 is 15.8 Å². The normalized spacial score (nSPS) is 20.0. The standard InChI is InChI=1S/C38H37F6N7O4S/c1-19-47-36(50-56(4,54)55)29-7-5-6-28(51(19)29)25-9-8-23(12-13-37(2,3)53)48-33(25)27(16-20-14-21(39)17-22(40)15-20)49-30(52)18-46-34-31(32(45)35(41)42)24-10-11-26(24)38(34,43)44/h5-9,14-15,17,24,26-27,35,50,53H,10-11,16,18,45H2,1-4H3,(H,49,52)/t24-,26+,27-/m0/s1. The summed E-state index contributed by atoms with van der Waals surface area (Å²) in [6.07, 6.45) is -2.32. The monoisotopic (exact) mass is 801 g/mol. The number of anilines is 1. The van der Waals surface area contributed by atoms with Gasteiger partial charge < -0.3 is 16.2 Å². The second-order valence-corrected chi connectivity index (χ2v) is 16.1. The van der Waals surface area contributed by atoms with Crippen LogP contribution in [0.1, 0.15) is 55.5 Å². The summed E-state index contributed by atoms with van der Waals surface area (Å²) in [4.78, 5) is 26.6. The summed E-state index contributed by atoms with van der Waals surface area (Å²) in [5.41, 5.74) is 2.91. The summed E-state index contributed by atoms with van der Waals surface area (Å²) >= 11 is 0. The molecular formula is C38H37F6N7O4S. The van der Waals surface area contributed by atoms with E-state index in [1.165, 1.54) is 19.9 Å². The summed E-state index contributed by atoms with van der Waals surface area (Å²) in [5, 5.41) is 13.0. The molecule has 2 saturated carbocycles. The van der Waals surface area contributed by atoms with Gasteiger partial charge in [0.05, 0.1) is 34.9 Å². The first kappa shape index (κ1) is 40.3. The number of amides is 1. The van der Waals surface area contributed by atoms with Gasteiger partial charge in [-0.1, -0.05) is 12.0 Å². The van der Waals surface area contributed by atoms with Crippen LogP contribution in [0.3, 0.4) is 0 Å². The molecule has 0 radical (unpaired) electrons. The molecule has 0 bridgehead atoms. The predicted octanol–water partition coefficient (Wildman–Crippen LogP) is 5.47. The Kier molecular flexibility index (Phi) is 10.7. The van der Waals surface area contributed by atoms with Crippen LogP contribution in [-0.4, -0.2) is 70.3 Å². The van der Waals surface area contributed by atoms with Crippen molar-refractivity contribution in [2.75, 3.05) is 17.5 Å². The van der Waals surface area contributed by atoms with E-state index in [-0.39, 0.29) is 42.0 Å². The van der Waals surface area contributed by atoms with Crippen molar-refractivity contribution in [1.29, 1.82) is 0 Å². The molecule has 2 aliphatic carbocycles. The van der Waals surface area contributed by atoms with Crippen LogP contribution in [0.2, 0.25) is 0 Å². The van der Waals surface area contributed by atoms with Gasteiger partial charge in [-0.25, -0.2) is 35.9 Å². The fourth-order valence-electron chi connectivity index (χ4n) is 7.06. The van der Waals surface area contributed by atoms with Crippen molar-refractivity contribution in [2.45, 2.75) is 64.0 Å². The lowest BCUT2D eigenvalue weighted by atomic mass is 9.73. The number of nitrogens with zero attached hydrogens (tertiary/aromatic N) is 4. The minimum atomic E-state index is -3.76. The number of pyridine rings is 2. The van der Waals surface area contributed by atoms with Gasteiger partial charge in [-0.2, -0.15) is 8.78 Å². The fraction of sp³-hybridized carbons (Fsp3) is 0.368. The highest BCUT2D eigenvalue weighted by molar-refractivity contribution is 7.92. The van der Waals surface area contributed by atoms with Gasteiger partial charge in [-0.05, 0) is 93.8 Å². The molecule has 6 rings (SSSR count). The summed E-state index contributed by atoms with van der Waals surface area (Å²) < 4.78 is 116. The van der Waals surface area contributed by atoms with Crippen molar-refractivity contribution in [2.24, 2.45) is 22.6 Å². The van der Waals surface area contributed by atoms with E-state index in [9.17, 15) is 35.9 Å². The van der Waals surface area contributed by atoms with Crippen molar-refractivity contribution >= 4 is 33.0 Å². The highest BCUT2D eigenvalue weighted by Crippen LogP contribution is 2.57. The lowest BCUT2D eigenvalue weighted by Gasteiger charge is -2.32. The van der Waals surface area contributed by atoms with Gasteiger partial charge in [-0.15, -0.1) is 0 Å². The number of aromatic nitrogens is 3. The van der Waals surface area contributed by atoms with Crippen molar-refractivity contribution in [3.63, 3.8) is 0 Å². The largest absolute Gasteiger partial charge is 0.397 e. The Bertz CT molecular complexity index is 2450. The Morgan fingerprint density at radius 2 is 1.82 bits per heavy atom. The molecule has 2 fully saturated rings. The number of fused-ring (bicyclic) bond motifs is 2. The molecule has 296 valence electrons. The van der Waals surface area contributed by atoms with Crippen LogP contribution in [-0.2, 0) is 21.2 Å². The molecule has 0 spiro atoms. The molecular weight excluding hydrogens is 765 g/mol. The first-order valence-corrected chi connectivity index (χ1v) is 19.2. The molecule has 1 amide bonds. The number of aliphatic hydroxyl groups is 1. The molecule has 18 heteroatoms. The number of hydrogen-bond acceptors (Lipinski definition) is 8. The molecule has 0 unspecified atom stereocenters. The smallest absolute Gasteiger partial charge is 0.292 e. The maximum Gasteiger partial charge on any atom is 0.292 e. The first-order valence-electron chi connectivity index (χ1n) is 17.3.